The third-order valence-electron chi connectivity index (χ3n) is 5.05. The minimum atomic E-state index is -1.31. The number of primary amides is 1. The summed E-state index contributed by atoms with van der Waals surface area (Å²) >= 11 is 4.02. The van der Waals surface area contributed by atoms with Gasteiger partial charge in [0.1, 0.15) is 18.1 Å². The molecule has 0 aliphatic rings. The molecule has 0 aliphatic heterocycles. The van der Waals surface area contributed by atoms with Crippen molar-refractivity contribution in [3.8, 4) is 0 Å². The lowest BCUT2D eigenvalue weighted by atomic mass is 10.0. The van der Waals surface area contributed by atoms with Gasteiger partial charge in [-0.25, -0.2) is 4.79 Å². The Kier molecular flexibility index (Phi) is 9.89. The first-order chi connectivity index (χ1) is 16.2. The molecule has 34 heavy (non-hydrogen) atoms. The maximum Gasteiger partial charge on any atom is 0.326 e. The molecule has 1 aromatic heterocycles. The van der Waals surface area contributed by atoms with E-state index in [1.807, 2.05) is 24.3 Å². The third-order valence-corrected chi connectivity index (χ3v) is 5.41. The molecule has 0 aliphatic carbocycles. The Hall–Kier alpha value is -3.58. The summed E-state index contributed by atoms with van der Waals surface area (Å²) in [6.45, 7) is -0.350. The standard InChI is InChI=1S/C21H28N6O6S/c22-8-18(29)25-16(10-34)20(31)26-14(5-6-17(23)28)19(30)27-15(21(32)33)7-11-9-24-13-4-2-1-3-12(11)13/h1-4,9,14-16,24,34H,5-8,10,22H2,(H2,23,28)(H,25,29)(H,26,31)(H,27,30)(H,32,33). The van der Waals surface area contributed by atoms with Crippen LogP contribution in [0, 0.1) is 0 Å². The van der Waals surface area contributed by atoms with Crippen LogP contribution in [-0.2, 0) is 30.4 Å². The van der Waals surface area contributed by atoms with E-state index in [1.165, 1.54) is 0 Å². The second-order valence-corrected chi connectivity index (χ2v) is 7.90. The van der Waals surface area contributed by atoms with Gasteiger partial charge < -0.3 is 37.5 Å². The molecule has 3 unspecified atom stereocenters. The molecule has 184 valence electrons. The number of hydrogen-bond acceptors (Lipinski definition) is 7. The Bertz CT molecular complexity index is 1060. The minimum absolute atomic E-state index is 0.0204. The zero-order chi connectivity index (χ0) is 25.3. The van der Waals surface area contributed by atoms with Gasteiger partial charge in [0.2, 0.25) is 23.6 Å². The van der Waals surface area contributed by atoms with Crippen LogP contribution in [0.5, 0.6) is 0 Å². The fourth-order valence-electron chi connectivity index (χ4n) is 3.27. The highest BCUT2D eigenvalue weighted by Gasteiger charge is 2.29. The lowest BCUT2D eigenvalue weighted by Crippen LogP contribution is -2.57. The summed E-state index contributed by atoms with van der Waals surface area (Å²) in [6, 6.07) is 3.63. The molecule has 0 radical (unpaired) electrons. The predicted octanol–water partition coefficient (Wildman–Crippen LogP) is -1.60. The summed E-state index contributed by atoms with van der Waals surface area (Å²) in [5.74, 6) is -4.23. The molecule has 3 atom stereocenters. The summed E-state index contributed by atoms with van der Waals surface area (Å²) in [6.07, 6.45) is 1.24. The van der Waals surface area contributed by atoms with Gasteiger partial charge in [0.15, 0.2) is 0 Å². The molecule has 2 aromatic rings. The number of carboxylic acid groups (broad SMARTS) is 1. The summed E-state index contributed by atoms with van der Waals surface area (Å²) in [5, 5.41) is 17.7. The van der Waals surface area contributed by atoms with Gasteiger partial charge in [0, 0.05) is 35.7 Å². The molecule has 1 heterocycles. The monoisotopic (exact) mass is 492 g/mol. The molecular formula is C21H28N6O6S. The van der Waals surface area contributed by atoms with E-state index in [1.54, 1.807) is 6.20 Å². The van der Waals surface area contributed by atoms with Gasteiger partial charge in [-0.3, -0.25) is 19.2 Å². The number of nitrogens with one attached hydrogen (secondary N) is 4. The smallest absolute Gasteiger partial charge is 0.326 e. The van der Waals surface area contributed by atoms with Crippen LogP contribution in [0.4, 0.5) is 0 Å². The summed E-state index contributed by atoms with van der Waals surface area (Å²) in [4.78, 5) is 63.2. The van der Waals surface area contributed by atoms with Crippen molar-refractivity contribution in [2.75, 3.05) is 12.3 Å². The third kappa shape index (κ3) is 7.49. The number of aromatic amines is 1. The first kappa shape index (κ1) is 26.7. The van der Waals surface area contributed by atoms with Gasteiger partial charge in [-0.05, 0) is 18.1 Å². The number of aromatic nitrogens is 1. The Balaban J connectivity index is 2.16. The van der Waals surface area contributed by atoms with E-state index in [9.17, 15) is 29.1 Å². The van der Waals surface area contributed by atoms with Crippen LogP contribution in [0.1, 0.15) is 18.4 Å². The fraction of sp³-hybridized carbons (Fsp3) is 0.381. The van der Waals surface area contributed by atoms with E-state index in [4.69, 9.17) is 11.5 Å². The van der Waals surface area contributed by atoms with Crippen molar-refractivity contribution in [2.45, 2.75) is 37.4 Å². The van der Waals surface area contributed by atoms with E-state index in [-0.39, 0.29) is 31.6 Å². The van der Waals surface area contributed by atoms with Crippen molar-refractivity contribution in [3.63, 3.8) is 0 Å². The Morgan fingerprint density at radius 1 is 1.00 bits per heavy atom. The van der Waals surface area contributed by atoms with Crippen molar-refractivity contribution >= 4 is 53.1 Å². The average molecular weight is 493 g/mol. The van der Waals surface area contributed by atoms with Crippen LogP contribution >= 0.6 is 12.6 Å². The van der Waals surface area contributed by atoms with E-state index < -0.39 is 47.7 Å². The molecule has 12 nitrogen and oxygen atoms in total. The molecular weight excluding hydrogens is 464 g/mol. The number of fused-ring (bicyclic) bond motifs is 1. The second-order valence-electron chi connectivity index (χ2n) is 7.54. The number of amides is 4. The van der Waals surface area contributed by atoms with E-state index in [0.29, 0.717) is 5.56 Å². The van der Waals surface area contributed by atoms with Crippen LogP contribution in [0.25, 0.3) is 10.9 Å². The van der Waals surface area contributed by atoms with E-state index >= 15 is 0 Å². The van der Waals surface area contributed by atoms with Crippen molar-refractivity contribution in [1.29, 1.82) is 0 Å². The number of para-hydroxylation sites is 1. The average Bonchev–Trinajstić information content (AvgIpc) is 3.21. The van der Waals surface area contributed by atoms with Crippen LogP contribution < -0.4 is 27.4 Å². The maximum atomic E-state index is 12.9. The number of rotatable bonds is 13. The number of carbonyl (C=O) groups excluding carboxylic acids is 4. The number of benzene rings is 1. The summed E-state index contributed by atoms with van der Waals surface area (Å²) < 4.78 is 0. The van der Waals surface area contributed by atoms with Crippen LogP contribution in [-0.4, -0.2) is 70.1 Å². The first-order valence-electron chi connectivity index (χ1n) is 10.4. The molecule has 0 fully saturated rings. The molecule has 9 N–H and O–H groups in total. The van der Waals surface area contributed by atoms with Crippen molar-refractivity contribution in [3.05, 3.63) is 36.0 Å². The van der Waals surface area contributed by atoms with E-state index in [0.717, 1.165) is 10.9 Å². The fourth-order valence-corrected chi connectivity index (χ4v) is 3.52. The van der Waals surface area contributed by atoms with E-state index in [2.05, 4.69) is 33.6 Å². The van der Waals surface area contributed by atoms with Gasteiger partial charge in [-0.1, -0.05) is 18.2 Å². The minimum Gasteiger partial charge on any atom is -0.480 e. The topological polar surface area (TPSA) is 209 Å². The Labute approximate surface area is 200 Å². The van der Waals surface area contributed by atoms with Crippen LogP contribution in [0.3, 0.4) is 0 Å². The Morgan fingerprint density at radius 2 is 1.65 bits per heavy atom. The quantitative estimate of drug-likeness (QED) is 0.153. The highest BCUT2D eigenvalue weighted by atomic mass is 32.1. The van der Waals surface area contributed by atoms with Gasteiger partial charge >= 0.3 is 5.97 Å². The summed E-state index contributed by atoms with van der Waals surface area (Å²) in [5.41, 5.74) is 11.9. The zero-order valence-electron chi connectivity index (χ0n) is 18.2. The number of nitrogens with two attached hydrogens (primary N) is 2. The molecule has 0 saturated carbocycles. The normalized spacial score (nSPS) is 13.5. The van der Waals surface area contributed by atoms with Crippen molar-refractivity contribution < 1.29 is 29.1 Å². The van der Waals surface area contributed by atoms with Crippen LogP contribution in [0.2, 0.25) is 0 Å². The van der Waals surface area contributed by atoms with Crippen LogP contribution in [0.15, 0.2) is 30.5 Å². The lowest BCUT2D eigenvalue weighted by Gasteiger charge is -2.23. The van der Waals surface area contributed by atoms with Crippen molar-refractivity contribution in [2.24, 2.45) is 11.5 Å². The molecule has 2 rings (SSSR count). The number of hydrogen-bond donors (Lipinski definition) is 8. The number of aliphatic carboxylic acids is 1. The van der Waals surface area contributed by atoms with Gasteiger partial charge in [-0.15, -0.1) is 0 Å². The maximum absolute atomic E-state index is 12.9. The second kappa shape index (κ2) is 12.6. The largest absolute Gasteiger partial charge is 0.480 e. The SMILES string of the molecule is NCC(=O)NC(CS)C(=O)NC(CCC(N)=O)C(=O)NC(Cc1c[nH]c2ccccc12)C(=O)O. The number of thiol groups is 1. The molecule has 0 spiro atoms. The molecule has 13 heteroatoms. The van der Waals surface area contributed by atoms with Crippen molar-refractivity contribution in [1.82, 2.24) is 20.9 Å². The first-order valence-corrected chi connectivity index (χ1v) is 11.1. The zero-order valence-corrected chi connectivity index (χ0v) is 19.1. The number of carboxylic acids is 1. The number of H-pyrrole nitrogens is 1. The molecule has 0 bridgehead atoms. The van der Waals surface area contributed by atoms with Gasteiger partial charge in [-0.2, -0.15) is 12.6 Å². The number of carbonyl (C=O) groups is 5. The highest BCUT2D eigenvalue weighted by molar-refractivity contribution is 7.80. The van der Waals surface area contributed by atoms with Gasteiger partial charge in [0.25, 0.3) is 0 Å². The molecule has 0 saturated heterocycles. The molecule has 4 amide bonds. The Morgan fingerprint density at radius 3 is 2.26 bits per heavy atom. The molecule has 1 aromatic carbocycles. The summed E-state index contributed by atoms with van der Waals surface area (Å²) in [7, 11) is 0. The highest BCUT2D eigenvalue weighted by Crippen LogP contribution is 2.19. The predicted molar refractivity (Wildman–Crippen MR) is 127 cm³/mol. The lowest BCUT2D eigenvalue weighted by molar-refractivity contribution is -0.142. The van der Waals surface area contributed by atoms with Gasteiger partial charge in [0.05, 0.1) is 6.54 Å².